The second-order valence-corrected chi connectivity index (χ2v) is 6.46. The van der Waals surface area contributed by atoms with Crippen LogP contribution < -0.4 is 5.32 Å². The van der Waals surface area contributed by atoms with Gasteiger partial charge in [0.2, 0.25) is 11.8 Å². The summed E-state index contributed by atoms with van der Waals surface area (Å²) < 4.78 is 5.18. The van der Waals surface area contributed by atoms with Gasteiger partial charge in [-0.05, 0) is 18.1 Å². The van der Waals surface area contributed by atoms with Crippen molar-refractivity contribution in [1.29, 1.82) is 0 Å². The van der Waals surface area contributed by atoms with E-state index in [-0.39, 0.29) is 11.3 Å². The Balaban J connectivity index is 1.81. The van der Waals surface area contributed by atoms with Crippen molar-refractivity contribution in [3.8, 4) is 0 Å². The summed E-state index contributed by atoms with van der Waals surface area (Å²) in [5.41, 5.74) is 2.16. The molecular weight excluding hydrogens is 278 g/mol. The van der Waals surface area contributed by atoms with Crippen LogP contribution in [0.5, 0.6) is 0 Å². The summed E-state index contributed by atoms with van der Waals surface area (Å²) in [6, 6.07) is 8.02. The van der Waals surface area contributed by atoms with E-state index >= 15 is 0 Å². The van der Waals surface area contributed by atoms with Gasteiger partial charge in [0.15, 0.2) is 5.82 Å². The van der Waals surface area contributed by atoms with E-state index in [0.717, 1.165) is 5.56 Å². The summed E-state index contributed by atoms with van der Waals surface area (Å²) in [6.45, 7) is 8.65. The Morgan fingerprint density at radius 2 is 2.00 bits per heavy atom. The monoisotopic (exact) mass is 301 g/mol. The number of amides is 1. The molecule has 0 saturated heterocycles. The molecule has 5 nitrogen and oxygen atoms in total. The van der Waals surface area contributed by atoms with E-state index in [2.05, 4.69) is 15.5 Å². The van der Waals surface area contributed by atoms with Crippen molar-refractivity contribution in [1.82, 2.24) is 15.5 Å². The molecule has 0 unspecified atom stereocenters. The SMILES string of the molecule is Cc1ccccc1CNC(=O)CCc1nc(C(C)(C)C)no1. The Morgan fingerprint density at radius 3 is 2.64 bits per heavy atom. The highest BCUT2D eigenvalue weighted by Gasteiger charge is 2.21. The molecular formula is C17H23N3O2. The summed E-state index contributed by atoms with van der Waals surface area (Å²) in [5, 5.41) is 6.87. The van der Waals surface area contributed by atoms with Gasteiger partial charge in [-0.1, -0.05) is 50.2 Å². The second-order valence-electron chi connectivity index (χ2n) is 6.46. The van der Waals surface area contributed by atoms with Crippen LogP contribution in [0.2, 0.25) is 0 Å². The lowest BCUT2D eigenvalue weighted by Crippen LogP contribution is -2.23. The Labute approximate surface area is 131 Å². The highest BCUT2D eigenvalue weighted by Crippen LogP contribution is 2.18. The molecule has 0 atom stereocenters. The van der Waals surface area contributed by atoms with Gasteiger partial charge in [-0.15, -0.1) is 0 Å². The molecule has 0 radical (unpaired) electrons. The first-order valence-corrected chi connectivity index (χ1v) is 7.50. The molecule has 0 aliphatic carbocycles. The lowest BCUT2D eigenvalue weighted by Gasteiger charge is -2.10. The molecule has 1 N–H and O–H groups in total. The number of carbonyl (C=O) groups is 1. The minimum absolute atomic E-state index is 0.0150. The molecule has 5 heteroatoms. The van der Waals surface area contributed by atoms with Crippen molar-refractivity contribution in [2.24, 2.45) is 0 Å². The molecule has 22 heavy (non-hydrogen) atoms. The second kappa shape index (κ2) is 6.73. The number of nitrogens with one attached hydrogen (secondary N) is 1. The summed E-state index contributed by atoms with van der Waals surface area (Å²) in [5.74, 6) is 1.16. The van der Waals surface area contributed by atoms with Gasteiger partial charge in [-0.25, -0.2) is 0 Å². The number of aromatic nitrogens is 2. The maximum atomic E-state index is 11.9. The van der Waals surface area contributed by atoms with Gasteiger partial charge in [0.05, 0.1) is 0 Å². The third-order valence-corrected chi connectivity index (χ3v) is 3.44. The summed E-state index contributed by atoms with van der Waals surface area (Å²) in [4.78, 5) is 16.2. The fraction of sp³-hybridized carbons (Fsp3) is 0.471. The van der Waals surface area contributed by atoms with Gasteiger partial charge in [0, 0.05) is 24.8 Å². The van der Waals surface area contributed by atoms with Crippen LogP contribution in [0.25, 0.3) is 0 Å². The van der Waals surface area contributed by atoms with Gasteiger partial charge in [0.1, 0.15) is 0 Å². The highest BCUT2D eigenvalue weighted by molar-refractivity contribution is 5.76. The van der Waals surface area contributed by atoms with Crippen LogP contribution in [-0.4, -0.2) is 16.0 Å². The Hall–Kier alpha value is -2.17. The maximum Gasteiger partial charge on any atom is 0.227 e. The van der Waals surface area contributed by atoms with Crippen molar-refractivity contribution in [2.75, 3.05) is 0 Å². The maximum absolute atomic E-state index is 11.9. The molecule has 2 rings (SSSR count). The zero-order valence-corrected chi connectivity index (χ0v) is 13.6. The third-order valence-electron chi connectivity index (χ3n) is 3.44. The van der Waals surface area contributed by atoms with Crippen LogP contribution in [0, 0.1) is 6.92 Å². The smallest absolute Gasteiger partial charge is 0.227 e. The van der Waals surface area contributed by atoms with Gasteiger partial charge in [-0.3, -0.25) is 4.79 Å². The van der Waals surface area contributed by atoms with Crippen LogP contribution in [0.1, 0.15) is 50.0 Å². The topological polar surface area (TPSA) is 68.0 Å². The number of rotatable bonds is 5. The average Bonchev–Trinajstić information content (AvgIpc) is 2.93. The molecule has 0 fully saturated rings. The summed E-state index contributed by atoms with van der Waals surface area (Å²) in [6.07, 6.45) is 0.806. The highest BCUT2D eigenvalue weighted by atomic mass is 16.5. The van der Waals surface area contributed by atoms with Gasteiger partial charge in [0.25, 0.3) is 0 Å². The first kappa shape index (κ1) is 16.2. The van der Waals surface area contributed by atoms with Crippen molar-refractivity contribution in [3.05, 3.63) is 47.1 Å². The van der Waals surface area contributed by atoms with E-state index < -0.39 is 0 Å². The van der Waals surface area contributed by atoms with E-state index in [9.17, 15) is 4.79 Å². The number of hydrogen-bond acceptors (Lipinski definition) is 4. The summed E-state index contributed by atoms with van der Waals surface area (Å²) >= 11 is 0. The number of nitrogens with zero attached hydrogens (tertiary/aromatic N) is 2. The van der Waals surface area contributed by atoms with Crippen molar-refractivity contribution in [2.45, 2.75) is 52.5 Å². The Morgan fingerprint density at radius 1 is 1.27 bits per heavy atom. The molecule has 1 aromatic carbocycles. The third kappa shape index (κ3) is 4.41. The largest absolute Gasteiger partial charge is 0.352 e. The molecule has 118 valence electrons. The first-order valence-electron chi connectivity index (χ1n) is 7.50. The molecule has 0 aliphatic heterocycles. The van der Waals surface area contributed by atoms with Crippen LogP contribution in [-0.2, 0) is 23.2 Å². The molecule has 0 bridgehead atoms. The standard InChI is InChI=1S/C17H23N3O2/c1-12-7-5-6-8-13(12)11-18-14(21)9-10-15-19-16(20-22-15)17(2,3)4/h5-8H,9-11H2,1-4H3,(H,18,21). The zero-order valence-electron chi connectivity index (χ0n) is 13.6. The normalized spacial score (nSPS) is 11.5. The van der Waals surface area contributed by atoms with Gasteiger partial charge < -0.3 is 9.84 Å². The number of benzene rings is 1. The minimum Gasteiger partial charge on any atom is -0.352 e. The van der Waals surface area contributed by atoms with Gasteiger partial charge in [-0.2, -0.15) is 4.98 Å². The quantitative estimate of drug-likeness (QED) is 0.922. The molecule has 2 aromatic rings. The van der Waals surface area contributed by atoms with E-state index in [4.69, 9.17) is 4.52 Å². The molecule has 1 heterocycles. The van der Waals surface area contributed by atoms with Crippen LogP contribution in [0.3, 0.4) is 0 Å². The van der Waals surface area contributed by atoms with E-state index in [0.29, 0.717) is 31.1 Å². The molecule has 0 aliphatic rings. The van der Waals surface area contributed by atoms with Crippen molar-refractivity contribution in [3.63, 3.8) is 0 Å². The Bertz CT molecular complexity index is 641. The molecule has 1 aromatic heterocycles. The molecule has 0 saturated carbocycles. The fourth-order valence-corrected chi connectivity index (χ4v) is 1.97. The predicted octanol–water partition coefficient (Wildman–Crippen LogP) is 2.92. The number of hydrogen-bond donors (Lipinski definition) is 1. The fourth-order valence-electron chi connectivity index (χ4n) is 1.97. The number of aryl methyl sites for hydroxylation is 2. The van der Waals surface area contributed by atoms with Crippen LogP contribution in [0.15, 0.2) is 28.8 Å². The van der Waals surface area contributed by atoms with Crippen LogP contribution >= 0.6 is 0 Å². The van der Waals surface area contributed by atoms with Crippen molar-refractivity contribution < 1.29 is 9.32 Å². The van der Waals surface area contributed by atoms with Crippen molar-refractivity contribution >= 4 is 5.91 Å². The minimum atomic E-state index is -0.144. The van der Waals surface area contributed by atoms with Gasteiger partial charge >= 0.3 is 0 Å². The zero-order chi connectivity index (χ0) is 16.2. The predicted molar refractivity (Wildman–Crippen MR) is 84.3 cm³/mol. The summed E-state index contributed by atoms with van der Waals surface area (Å²) in [7, 11) is 0. The van der Waals surface area contributed by atoms with E-state index in [1.54, 1.807) is 0 Å². The Kier molecular flexibility index (Phi) is 4.96. The van der Waals surface area contributed by atoms with Crippen LogP contribution in [0.4, 0.5) is 0 Å². The lowest BCUT2D eigenvalue weighted by atomic mass is 9.96. The number of carbonyl (C=O) groups excluding carboxylic acids is 1. The first-order chi connectivity index (χ1) is 10.4. The van der Waals surface area contributed by atoms with E-state index in [1.165, 1.54) is 5.56 Å². The molecule has 1 amide bonds. The molecule has 0 spiro atoms. The lowest BCUT2D eigenvalue weighted by molar-refractivity contribution is -0.121. The average molecular weight is 301 g/mol. The van der Waals surface area contributed by atoms with E-state index in [1.807, 2.05) is 52.0 Å².